The number of nitrogens with zero attached hydrogens (tertiary/aromatic N) is 2. The maximum absolute atomic E-state index is 11.6. The average Bonchev–Trinajstić information content (AvgIpc) is 2.40. The van der Waals surface area contributed by atoms with Gasteiger partial charge >= 0.3 is 5.97 Å². The number of piperidine rings is 1. The summed E-state index contributed by atoms with van der Waals surface area (Å²) in [5.41, 5.74) is -0.798. The summed E-state index contributed by atoms with van der Waals surface area (Å²) in [7, 11) is -3.20. The Kier molecular flexibility index (Phi) is 4.48. The number of sulfonamides is 1. The fourth-order valence-electron chi connectivity index (χ4n) is 2.58. The molecule has 1 aromatic heterocycles. The Morgan fingerprint density at radius 2 is 2.19 bits per heavy atom. The quantitative estimate of drug-likeness (QED) is 0.857. The van der Waals surface area contributed by atoms with Gasteiger partial charge in [-0.15, -0.1) is 0 Å². The number of carboxylic acids is 1. The highest BCUT2D eigenvalue weighted by Gasteiger charge is 2.26. The number of rotatable bonds is 4. The second-order valence-corrected chi connectivity index (χ2v) is 7.34. The van der Waals surface area contributed by atoms with Gasteiger partial charge in [0.15, 0.2) is 5.43 Å². The number of aromatic carboxylic acids is 1. The third-order valence-electron chi connectivity index (χ3n) is 3.63. The first kappa shape index (κ1) is 15.7. The van der Waals surface area contributed by atoms with E-state index in [0.29, 0.717) is 19.6 Å². The lowest BCUT2D eigenvalue weighted by Crippen LogP contribution is -2.40. The number of hydrogen-bond donors (Lipinski definition) is 1. The molecule has 0 spiro atoms. The molecule has 1 atom stereocenters. The molecule has 1 N–H and O–H groups in total. The van der Waals surface area contributed by atoms with E-state index in [1.54, 1.807) is 4.57 Å². The molecule has 0 bridgehead atoms. The van der Waals surface area contributed by atoms with Crippen molar-refractivity contribution in [2.75, 3.05) is 19.3 Å². The van der Waals surface area contributed by atoms with E-state index in [1.165, 1.54) is 29.0 Å². The molecular weight excluding hydrogens is 296 g/mol. The monoisotopic (exact) mass is 314 g/mol. The minimum Gasteiger partial charge on any atom is -0.477 e. The van der Waals surface area contributed by atoms with E-state index in [9.17, 15) is 18.0 Å². The van der Waals surface area contributed by atoms with E-state index in [1.807, 2.05) is 0 Å². The topological polar surface area (TPSA) is 96.7 Å². The van der Waals surface area contributed by atoms with Gasteiger partial charge < -0.3 is 9.67 Å². The largest absolute Gasteiger partial charge is 0.477 e. The fourth-order valence-corrected chi connectivity index (χ4v) is 3.52. The third kappa shape index (κ3) is 3.92. The van der Waals surface area contributed by atoms with Crippen molar-refractivity contribution in [1.82, 2.24) is 8.87 Å². The van der Waals surface area contributed by atoms with Crippen LogP contribution in [0, 0.1) is 5.92 Å². The van der Waals surface area contributed by atoms with Crippen LogP contribution in [-0.2, 0) is 16.6 Å². The molecule has 0 aliphatic carbocycles. The summed E-state index contributed by atoms with van der Waals surface area (Å²) in [6.07, 6.45) is 5.69. The Labute approximate surface area is 122 Å². The Morgan fingerprint density at radius 3 is 2.81 bits per heavy atom. The highest BCUT2D eigenvalue weighted by atomic mass is 32.2. The molecule has 1 aliphatic heterocycles. The van der Waals surface area contributed by atoms with Crippen molar-refractivity contribution in [3.8, 4) is 0 Å². The first-order chi connectivity index (χ1) is 9.77. The zero-order valence-corrected chi connectivity index (χ0v) is 12.5. The van der Waals surface area contributed by atoms with Gasteiger partial charge in [0.1, 0.15) is 5.56 Å². The van der Waals surface area contributed by atoms with E-state index in [0.717, 1.165) is 12.8 Å². The second kappa shape index (κ2) is 5.98. The zero-order valence-electron chi connectivity index (χ0n) is 11.7. The van der Waals surface area contributed by atoms with Crippen LogP contribution in [0.15, 0.2) is 23.3 Å². The van der Waals surface area contributed by atoms with Gasteiger partial charge in [0.25, 0.3) is 0 Å². The van der Waals surface area contributed by atoms with Crippen molar-refractivity contribution in [3.63, 3.8) is 0 Å². The van der Waals surface area contributed by atoms with E-state index in [4.69, 9.17) is 5.11 Å². The van der Waals surface area contributed by atoms with Crippen molar-refractivity contribution in [1.29, 1.82) is 0 Å². The molecule has 0 aromatic carbocycles. The molecule has 21 heavy (non-hydrogen) atoms. The van der Waals surface area contributed by atoms with Gasteiger partial charge in [-0.25, -0.2) is 17.5 Å². The summed E-state index contributed by atoms with van der Waals surface area (Å²) in [6.45, 7) is 1.44. The lowest BCUT2D eigenvalue weighted by Gasteiger charge is -2.31. The Hall–Kier alpha value is -1.67. The molecule has 116 valence electrons. The van der Waals surface area contributed by atoms with Crippen LogP contribution in [-0.4, -0.2) is 47.7 Å². The minimum absolute atomic E-state index is 0.109. The smallest absolute Gasteiger partial charge is 0.341 e. The molecule has 0 saturated carbocycles. The Balaban J connectivity index is 2.13. The predicted octanol–water partition coefficient (Wildman–Crippen LogP) is 0.218. The van der Waals surface area contributed by atoms with Gasteiger partial charge in [-0.1, -0.05) is 0 Å². The molecule has 1 saturated heterocycles. The predicted molar refractivity (Wildman–Crippen MR) is 76.8 cm³/mol. The standard InChI is InChI=1S/C13H18N2O5S/c1-21(19,20)15-5-2-3-10(8-15)7-14-6-4-12(16)11(9-14)13(17)18/h4,6,9-10H,2-3,5,7-8H2,1H3,(H,17,18). The molecule has 0 amide bonds. The van der Waals surface area contributed by atoms with Gasteiger partial charge in [-0.3, -0.25) is 4.79 Å². The number of carbonyl (C=O) groups is 1. The van der Waals surface area contributed by atoms with Gasteiger partial charge in [0, 0.05) is 38.1 Å². The maximum Gasteiger partial charge on any atom is 0.341 e. The van der Waals surface area contributed by atoms with Crippen LogP contribution < -0.4 is 5.43 Å². The molecule has 1 aromatic rings. The lowest BCUT2D eigenvalue weighted by atomic mass is 9.99. The van der Waals surface area contributed by atoms with Crippen molar-refractivity contribution in [2.24, 2.45) is 5.92 Å². The van der Waals surface area contributed by atoms with E-state index in [-0.39, 0.29) is 11.5 Å². The van der Waals surface area contributed by atoms with Crippen LogP contribution in [0.1, 0.15) is 23.2 Å². The zero-order chi connectivity index (χ0) is 15.6. The molecule has 0 radical (unpaired) electrons. The highest BCUT2D eigenvalue weighted by Crippen LogP contribution is 2.20. The number of pyridine rings is 1. The van der Waals surface area contributed by atoms with Crippen molar-refractivity contribution >= 4 is 16.0 Å². The van der Waals surface area contributed by atoms with Gasteiger partial charge in [0.2, 0.25) is 10.0 Å². The number of hydrogen-bond acceptors (Lipinski definition) is 4. The van der Waals surface area contributed by atoms with Crippen molar-refractivity contribution in [2.45, 2.75) is 19.4 Å². The van der Waals surface area contributed by atoms with Crippen LogP contribution in [0.5, 0.6) is 0 Å². The first-order valence-electron chi connectivity index (χ1n) is 6.66. The van der Waals surface area contributed by atoms with Crippen LogP contribution in [0.3, 0.4) is 0 Å². The van der Waals surface area contributed by atoms with Gasteiger partial charge in [-0.05, 0) is 18.8 Å². The Morgan fingerprint density at radius 1 is 1.48 bits per heavy atom. The number of carboxylic acid groups (broad SMARTS) is 1. The number of aromatic nitrogens is 1. The molecule has 2 rings (SSSR count). The summed E-state index contributed by atoms with van der Waals surface area (Å²) in [6, 6.07) is 1.22. The van der Waals surface area contributed by atoms with Crippen LogP contribution in [0.2, 0.25) is 0 Å². The van der Waals surface area contributed by atoms with Crippen molar-refractivity contribution < 1.29 is 18.3 Å². The molecular formula is C13H18N2O5S. The summed E-state index contributed by atoms with van der Waals surface area (Å²) < 4.78 is 26.2. The second-order valence-electron chi connectivity index (χ2n) is 5.35. The van der Waals surface area contributed by atoms with E-state index < -0.39 is 21.4 Å². The van der Waals surface area contributed by atoms with Crippen molar-refractivity contribution in [3.05, 3.63) is 34.2 Å². The van der Waals surface area contributed by atoms with Gasteiger partial charge in [0.05, 0.1) is 6.26 Å². The SMILES string of the molecule is CS(=O)(=O)N1CCCC(Cn2ccc(=O)c(C(=O)O)c2)C1. The van der Waals surface area contributed by atoms with E-state index in [2.05, 4.69) is 0 Å². The highest BCUT2D eigenvalue weighted by molar-refractivity contribution is 7.88. The minimum atomic E-state index is -3.20. The Bertz CT molecular complexity index is 695. The lowest BCUT2D eigenvalue weighted by molar-refractivity contribution is 0.0694. The molecule has 1 aliphatic rings. The van der Waals surface area contributed by atoms with Crippen LogP contribution in [0.4, 0.5) is 0 Å². The molecule has 7 nitrogen and oxygen atoms in total. The van der Waals surface area contributed by atoms with Crippen LogP contribution >= 0.6 is 0 Å². The molecule has 2 heterocycles. The summed E-state index contributed by atoms with van der Waals surface area (Å²) >= 11 is 0. The summed E-state index contributed by atoms with van der Waals surface area (Å²) in [5, 5.41) is 8.94. The first-order valence-corrected chi connectivity index (χ1v) is 8.50. The third-order valence-corrected chi connectivity index (χ3v) is 4.90. The normalized spacial score (nSPS) is 20.3. The molecule has 1 fully saturated rings. The van der Waals surface area contributed by atoms with Crippen LogP contribution in [0.25, 0.3) is 0 Å². The summed E-state index contributed by atoms with van der Waals surface area (Å²) in [5.74, 6) is -1.15. The van der Waals surface area contributed by atoms with Gasteiger partial charge in [-0.2, -0.15) is 0 Å². The summed E-state index contributed by atoms with van der Waals surface area (Å²) in [4.78, 5) is 22.4. The maximum atomic E-state index is 11.6. The molecule has 8 heteroatoms. The fraction of sp³-hybridized carbons (Fsp3) is 0.538. The molecule has 1 unspecified atom stereocenters. The average molecular weight is 314 g/mol. The van der Waals surface area contributed by atoms with E-state index >= 15 is 0 Å².